The van der Waals surface area contributed by atoms with E-state index in [9.17, 15) is 10.1 Å². The van der Waals surface area contributed by atoms with E-state index in [0.29, 0.717) is 36.2 Å². The largest absolute Gasteiger partial charge is 0.486 e. The average Bonchev–Trinajstić information content (AvgIpc) is 3.04. The average molecular weight is 366 g/mol. The molecule has 2 aliphatic heterocycles. The Morgan fingerprint density at radius 3 is 2.74 bits per heavy atom. The van der Waals surface area contributed by atoms with Crippen LogP contribution in [0.25, 0.3) is 11.0 Å². The minimum absolute atomic E-state index is 0.119. The van der Waals surface area contributed by atoms with Crippen LogP contribution in [0.2, 0.25) is 0 Å². The third kappa shape index (κ3) is 2.34. The van der Waals surface area contributed by atoms with Crippen LogP contribution in [0.3, 0.4) is 0 Å². The first-order chi connectivity index (χ1) is 13.1. The molecule has 1 aromatic heterocycles. The minimum Gasteiger partial charge on any atom is -0.486 e. The first-order valence-electron chi connectivity index (χ1n) is 8.27. The van der Waals surface area contributed by atoms with E-state index in [0.717, 1.165) is 11.0 Å². The van der Waals surface area contributed by atoms with Gasteiger partial charge in [-0.2, -0.15) is 0 Å². The summed E-state index contributed by atoms with van der Waals surface area (Å²) in [4.78, 5) is 20.2. The Balaban J connectivity index is 1.77. The van der Waals surface area contributed by atoms with Crippen molar-refractivity contribution in [3.05, 3.63) is 52.1 Å². The molecule has 0 bridgehead atoms. The summed E-state index contributed by atoms with van der Waals surface area (Å²) < 4.78 is 12.9. The monoisotopic (exact) mass is 366 g/mol. The maximum absolute atomic E-state index is 11.7. The van der Waals surface area contributed by atoms with Crippen LogP contribution in [0, 0.1) is 10.1 Å². The zero-order chi connectivity index (χ0) is 18.5. The van der Waals surface area contributed by atoms with Gasteiger partial charge in [-0.25, -0.2) is 9.98 Å². The molecule has 27 heavy (non-hydrogen) atoms. The summed E-state index contributed by atoms with van der Waals surface area (Å²) in [6.07, 6.45) is -0.759. The highest BCUT2D eigenvalue weighted by atomic mass is 16.6. The molecule has 136 valence electrons. The zero-order valence-corrected chi connectivity index (χ0v) is 14.0. The number of nitrogens with one attached hydrogen (secondary N) is 1. The molecular formula is C17H14N6O4. The SMILES string of the molecule is NC1=NC(c2cc3c(cc2[N+](=O)[O-])OCCO3)n2c(nc3ccccc32)N1. The van der Waals surface area contributed by atoms with Gasteiger partial charge in [0.15, 0.2) is 23.6 Å². The van der Waals surface area contributed by atoms with Crippen LogP contribution >= 0.6 is 0 Å². The van der Waals surface area contributed by atoms with Crippen LogP contribution in [-0.2, 0) is 0 Å². The van der Waals surface area contributed by atoms with E-state index >= 15 is 0 Å². The van der Waals surface area contributed by atoms with Crippen molar-refractivity contribution in [2.45, 2.75) is 6.17 Å². The number of nitro groups is 1. The molecule has 0 fully saturated rings. The lowest BCUT2D eigenvalue weighted by molar-refractivity contribution is -0.385. The number of benzene rings is 2. The van der Waals surface area contributed by atoms with Crippen molar-refractivity contribution >= 4 is 28.6 Å². The lowest BCUT2D eigenvalue weighted by Crippen LogP contribution is -2.31. The molecule has 1 atom stereocenters. The van der Waals surface area contributed by atoms with Gasteiger partial charge in [-0.3, -0.25) is 20.0 Å². The summed E-state index contributed by atoms with van der Waals surface area (Å²) in [5.74, 6) is 1.39. The standard InChI is InChI=1S/C17H14N6O4/c18-16-20-15(22-11-4-2-1-3-10(11)19-17(22)21-16)9-7-13-14(27-6-5-26-13)8-12(9)23(24)25/h1-4,7-8,15H,5-6H2,(H3,18,19,20,21). The van der Waals surface area contributed by atoms with Gasteiger partial charge in [-0.05, 0) is 18.2 Å². The smallest absolute Gasteiger partial charge is 0.280 e. The summed E-state index contributed by atoms with van der Waals surface area (Å²) in [6.45, 7) is 0.722. The van der Waals surface area contributed by atoms with Gasteiger partial charge in [-0.15, -0.1) is 0 Å². The highest BCUT2D eigenvalue weighted by Crippen LogP contribution is 2.42. The molecule has 0 radical (unpaired) electrons. The fourth-order valence-corrected chi connectivity index (χ4v) is 3.38. The number of nitrogens with zero attached hydrogens (tertiary/aromatic N) is 4. The Bertz CT molecular complexity index is 1120. The quantitative estimate of drug-likeness (QED) is 0.524. The Hall–Kier alpha value is -3.82. The highest BCUT2D eigenvalue weighted by molar-refractivity contribution is 5.94. The number of rotatable bonds is 2. The van der Waals surface area contributed by atoms with Crippen molar-refractivity contribution in [1.82, 2.24) is 9.55 Å². The number of para-hydroxylation sites is 2. The number of aromatic nitrogens is 2. The summed E-state index contributed by atoms with van der Waals surface area (Å²) in [5, 5.41) is 14.6. The number of imidazole rings is 1. The van der Waals surface area contributed by atoms with Gasteiger partial charge in [-0.1, -0.05) is 12.1 Å². The van der Waals surface area contributed by atoms with Gasteiger partial charge in [0.2, 0.25) is 5.95 Å². The van der Waals surface area contributed by atoms with Crippen LogP contribution in [0.15, 0.2) is 41.4 Å². The summed E-state index contributed by atoms with van der Waals surface area (Å²) >= 11 is 0. The molecule has 2 aromatic carbocycles. The number of ether oxygens (including phenoxy) is 2. The van der Waals surface area contributed by atoms with Crippen LogP contribution < -0.4 is 20.5 Å². The fraction of sp³-hybridized carbons (Fsp3) is 0.176. The van der Waals surface area contributed by atoms with Crippen LogP contribution in [0.5, 0.6) is 11.5 Å². The van der Waals surface area contributed by atoms with Gasteiger partial charge in [0.25, 0.3) is 5.69 Å². The maximum Gasteiger partial charge on any atom is 0.280 e. The second-order valence-electron chi connectivity index (χ2n) is 6.12. The van der Waals surface area contributed by atoms with Gasteiger partial charge in [0.1, 0.15) is 13.2 Å². The Morgan fingerprint density at radius 1 is 1.22 bits per heavy atom. The Labute approximate surface area is 152 Å². The zero-order valence-electron chi connectivity index (χ0n) is 14.0. The molecule has 3 aromatic rings. The van der Waals surface area contributed by atoms with Gasteiger partial charge >= 0.3 is 0 Å². The summed E-state index contributed by atoms with van der Waals surface area (Å²) in [7, 11) is 0. The molecule has 0 spiro atoms. The van der Waals surface area contributed by atoms with E-state index in [1.807, 2.05) is 24.3 Å². The molecule has 10 nitrogen and oxygen atoms in total. The Kier molecular flexibility index (Phi) is 3.20. The summed E-state index contributed by atoms with van der Waals surface area (Å²) in [5.41, 5.74) is 7.66. The molecular weight excluding hydrogens is 352 g/mol. The molecule has 3 heterocycles. The first kappa shape index (κ1) is 15.4. The number of nitro benzene ring substituents is 1. The number of guanidine groups is 1. The number of nitrogens with two attached hydrogens (primary N) is 1. The normalized spacial score (nSPS) is 17.8. The lowest BCUT2D eigenvalue weighted by atomic mass is 10.1. The predicted octanol–water partition coefficient (Wildman–Crippen LogP) is 2.00. The van der Waals surface area contributed by atoms with Gasteiger partial charge in [0.05, 0.1) is 27.6 Å². The first-order valence-corrected chi connectivity index (χ1v) is 8.27. The highest BCUT2D eigenvalue weighted by Gasteiger charge is 2.32. The second-order valence-corrected chi connectivity index (χ2v) is 6.12. The van der Waals surface area contributed by atoms with Crippen molar-refractivity contribution in [3.8, 4) is 11.5 Å². The molecule has 2 aliphatic rings. The van der Waals surface area contributed by atoms with Crippen LogP contribution in [0.4, 0.5) is 11.6 Å². The van der Waals surface area contributed by atoms with E-state index in [4.69, 9.17) is 15.2 Å². The van der Waals surface area contributed by atoms with E-state index in [2.05, 4.69) is 15.3 Å². The molecule has 0 saturated heterocycles. The molecule has 3 N–H and O–H groups in total. The molecule has 0 saturated carbocycles. The van der Waals surface area contributed by atoms with E-state index in [1.165, 1.54) is 6.07 Å². The second kappa shape index (κ2) is 5.59. The molecule has 0 amide bonds. The fourth-order valence-electron chi connectivity index (χ4n) is 3.38. The van der Waals surface area contributed by atoms with Crippen LogP contribution in [-0.4, -0.2) is 33.6 Å². The lowest BCUT2D eigenvalue weighted by Gasteiger charge is -2.25. The van der Waals surface area contributed by atoms with Crippen molar-refractivity contribution in [1.29, 1.82) is 0 Å². The van der Waals surface area contributed by atoms with Crippen molar-refractivity contribution in [2.24, 2.45) is 10.7 Å². The van der Waals surface area contributed by atoms with Gasteiger partial charge in [0, 0.05) is 0 Å². The van der Waals surface area contributed by atoms with Crippen molar-refractivity contribution in [3.63, 3.8) is 0 Å². The summed E-state index contributed by atoms with van der Waals surface area (Å²) in [6, 6.07) is 10.4. The molecule has 10 heteroatoms. The van der Waals surface area contributed by atoms with Gasteiger partial charge < -0.3 is 15.2 Å². The molecule has 0 aliphatic carbocycles. The number of fused-ring (bicyclic) bond motifs is 4. The van der Waals surface area contributed by atoms with E-state index < -0.39 is 11.1 Å². The number of hydrogen-bond acceptors (Lipinski definition) is 8. The van der Waals surface area contributed by atoms with Crippen molar-refractivity contribution in [2.75, 3.05) is 18.5 Å². The van der Waals surface area contributed by atoms with E-state index in [-0.39, 0.29) is 11.6 Å². The number of anilines is 1. The molecule has 5 rings (SSSR count). The molecule has 1 unspecified atom stereocenters. The number of aliphatic imine (C=N–C) groups is 1. The topological polar surface area (TPSA) is 130 Å². The third-order valence-corrected chi connectivity index (χ3v) is 4.51. The number of hydrogen-bond donors (Lipinski definition) is 2. The van der Waals surface area contributed by atoms with Crippen molar-refractivity contribution < 1.29 is 14.4 Å². The maximum atomic E-state index is 11.7. The third-order valence-electron chi connectivity index (χ3n) is 4.51. The Morgan fingerprint density at radius 2 is 1.96 bits per heavy atom. The van der Waals surface area contributed by atoms with Crippen LogP contribution in [0.1, 0.15) is 11.7 Å². The van der Waals surface area contributed by atoms with E-state index in [1.54, 1.807) is 10.6 Å². The minimum atomic E-state index is -0.759. The predicted molar refractivity (Wildman–Crippen MR) is 97.2 cm³/mol.